The molecule has 5 rings (SSSR count). The molecule has 0 radical (unpaired) electrons. The molecule has 12 heteroatoms. The second kappa shape index (κ2) is 12.0. The van der Waals surface area contributed by atoms with Crippen molar-refractivity contribution in [3.63, 3.8) is 0 Å². The third-order valence-electron chi connectivity index (χ3n) is 8.60. The van der Waals surface area contributed by atoms with Gasteiger partial charge in [-0.1, -0.05) is 38.1 Å². The van der Waals surface area contributed by atoms with Gasteiger partial charge in [-0.05, 0) is 56.3 Å². The predicted molar refractivity (Wildman–Crippen MR) is 162 cm³/mol. The SMILES string of the molecule is COC(=O)N[C@H](C(=O)N1C[C@@H](Oc2cnccn2)C[C@H]1c1cc(-c2ccc(B3OC(C)(C)C(C)(C)O3)cc2)c[nH]1)C(C)C. The molecule has 2 N–H and O–H groups in total. The zero-order valence-electron chi connectivity index (χ0n) is 25.8. The van der Waals surface area contributed by atoms with Gasteiger partial charge in [-0.25, -0.2) is 9.78 Å². The first kappa shape index (κ1) is 30.6. The quantitative estimate of drug-likeness (QED) is 0.379. The van der Waals surface area contributed by atoms with E-state index in [1.165, 1.54) is 7.11 Å². The van der Waals surface area contributed by atoms with Crippen molar-refractivity contribution in [2.24, 2.45) is 5.92 Å². The van der Waals surface area contributed by atoms with Gasteiger partial charge in [0.05, 0.1) is 37.1 Å². The highest BCUT2D eigenvalue weighted by molar-refractivity contribution is 6.62. The van der Waals surface area contributed by atoms with Crippen molar-refractivity contribution in [2.75, 3.05) is 13.7 Å². The summed E-state index contributed by atoms with van der Waals surface area (Å²) < 4.78 is 23.3. The first-order chi connectivity index (χ1) is 20.4. The highest BCUT2D eigenvalue weighted by Crippen LogP contribution is 2.38. The lowest BCUT2D eigenvalue weighted by atomic mass is 9.78. The number of nitrogens with one attached hydrogen (secondary N) is 2. The fraction of sp³-hybridized carbons (Fsp3) is 0.484. The highest BCUT2D eigenvalue weighted by Gasteiger charge is 2.51. The Kier molecular flexibility index (Phi) is 8.53. The fourth-order valence-corrected chi connectivity index (χ4v) is 5.40. The number of amides is 2. The molecule has 1 aromatic carbocycles. The lowest BCUT2D eigenvalue weighted by molar-refractivity contribution is -0.135. The van der Waals surface area contributed by atoms with E-state index in [1.807, 2.05) is 72.0 Å². The maximum Gasteiger partial charge on any atom is 0.494 e. The van der Waals surface area contributed by atoms with Crippen molar-refractivity contribution in [2.45, 2.75) is 77.4 Å². The summed E-state index contributed by atoms with van der Waals surface area (Å²) in [5.74, 6) is 0.0235. The standard InChI is InChI=1S/C31H40BN5O6/c1-19(2)27(36-29(39)40-7)28(38)37-18-23(41-26-17-33-12-13-34-26)15-25(37)24-14-21(16-35-24)20-8-10-22(11-9-20)32-42-30(3,4)31(5,6)43-32/h8-14,16-17,19,23,25,27,35H,15,18H2,1-7H3,(H,36,39)/t23-,25-,27-/m0/s1. The van der Waals surface area contributed by atoms with Crippen molar-refractivity contribution in [3.8, 4) is 17.0 Å². The Morgan fingerprint density at radius 1 is 1.09 bits per heavy atom. The van der Waals surface area contributed by atoms with E-state index >= 15 is 0 Å². The van der Waals surface area contributed by atoms with Crippen LogP contribution in [-0.4, -0.2) is 76.0 Å². The number of hydrogen-bond acceptors (Lipinski definition) is 8. The van der Waals surface area contributed by atoms with E-state index in [-0.39, 0.29) is 24.0 Å². The van der Waals surface area contributed by atoms with Crippen LogP contribution in [0.25, 0.3) is 11.1 Å². The molecule has 3 aromatic rings. The molecule has 4 heterocycles. The number of hydrogen-bond donors (Lipinski definition) is 2. The molecule has 228 valence electrons. The van der Waals surface area contributed by atoms with Crippen LogP contribution in [-0.2, 0) is 18.8 Å². The molecule has 2 aliphatic rings. The number of carbonyl (C=O) groups excluding carboxylic acids is 2. The van der Waals surface area contributed by atoms with Gasteiger partial charge in [0, 0.05) is 30.7 Å². The average Bonchev–Trinajstić information content (AvgIpc) is 3.67. The second-order valence-corrected chi connectivity index (χ2v) is 12.4. The number of alkyl carbamates (subject to hydrolysis) is 1. The van der Waals surface area contributed by atoms with Crippen LogP contribution < -0.4 is 15.5 Å². The molecule has 2 fully saturated rings. The lowest BCUT2D eigenvalue weighted by Crippen LogP contribution is -2.51. The number of rotatable bonds is 8. The summed E-state index contributed by atoms with van der Waals surface area (Å²) in [6.45, 7) is 12.3. The number of aromatic nitrogens is 3. The first-order valence-corrected chi connectivity index (χ1v) is 14.6. The Labute approximate surface area is 252 Å². The summed E-state index contributed by atoms with van der Waals surface area (Å²) in [7, 11) is 0.848. The molecule has 2 amide bonds. The minimum Gasteiger partial charge on any atom is -0.471 e. The van der Waals surface area contributed by atoms with Gasteiger partial charge in [0.25, 0.3) is 0 Å². The topological polar surface area (TPSA) is 128 Å². The summed E-state index contributed by atoms with van der Waals surface area (Å²) in [5, 5.41) is 2.70. The number of nitrogens with zero attached hydrogens (tertiary/aromatic N) is 3. The monoisotopic (exact) mass is 589 g/mol. The Morgan fingerprint density at radius 2 is 1.79 bits per heavy atom. The Bertz CT molecular complexity index is 1410. The van der Waals surface area contributed by atoms with Crippen LogP contribution in [0.3, 0.4) is 0 Å². The number of ether oxygens (including phenoxy) is 2. The van der Waals surface area contributed by atoms with Crippen molar-refractivity contribution < 1.29 is 28.4 Å². The van der Waals surface area contributed by atoms with Crippen LogP contribution in [0.4, 0.5) is 4.79 Å². The number of carbonyl (C=O) groups is 2. The maximum absolute atomic E-state index is 13.9. The third-order valence-corrected chi connectivity index (χ3v) is 8.60. The van der Waals surface area contributed by atoms with Crippen molar-refractivity contribution in [3.05, 3.63) is 60.8 Å². The van der Waals surface area contributed by atoms with E-state index in [2.05, 4.69) is 26.3 Å². The van der Waals surface area contributed by atoms with Gasteiger partial charge >= 0.3 is 13.2 Å². The molecule has 0 aliphatic carbocycles. The van der Waals surface area contributed by atoms with Crippen molar-refractivity contribution in [1.29, 1.82) is 0 Å². The summed E-state index contributed by atoms with van der Waals surface area (Å²) in [6, 6.07) is 9.10. The van der Waals surface area contributed by atoms with Crippen LogP contribution in [0, 0.1) is 5.92 Å². The first-order valence-electron chi connectivity index (χ1n) is 14.6. The predicted octanol–water partition coefficient (Wildman–Crippen LogP) is 3.87. The molecule has 0 saturated carbocycles. The zero-order valence-corrected chi connectivity index (χ0v) is 25.8. The molecule has 0 spiro atoms. The molecule has 3 atom stereocenters. The Morgan fingerprint density at radius 3 is 2.40 bits per heavy atom. The largest absolute Gasteiger partial charge is 0.494 e. The Balaban J connectivity index is 1.37. The Hall–Kier alpha value is -3.90. The van der Waals surface area contributed by atoms with Crippen molar-refractivity contribution in [1.82, 2.24) is 25.2 Å². The zero-order chi connectivity index (χ0) is 30.9. The van der Waals surface area contributed by atoms with E-state index in [1.54, 1.807) is 23.5 Å². The van der Waals surface area contributed by atoms with Crippen LogP contribution >= 0.6 is 0 Å². The second-order valence-electron chi connectivity index (χ2n) is 12.4. The number of H-pyrrole nitrogens is 1. The van der Waals surface area contributed by atoms with Crippen molar-refractivity contribution >= 4 is 24.6 Å². The van der Waals surface area contributed by atoms with Crippen LogP contribution in [0.1, 0.15) is 59.7 Å². The van der Waals surface area contributed by atoms with Gasteiger partial charge in [-0.2, -0.15) is 0 Å². The fourth-order valence-electron chi connectivity index (χ4n) is 5.40. The number of aromatic amines is 1. The molecule has 2 aromatic heterocycles. The average molecular weight is 590 g/mol. The van der Waals surface area contributed by atoms with Crippen LogP contribution in [0.2, 0.25) is 0 Å². The minimum atomic E-state index is -0.762. The van der Waals surface area contributed by atoms with Gasteiger partial charge in [0.15, 0.2) is 0 Å². The van der Waals surface area contributed by atoms with E-state index in [9.17, 15) is 9.59 Å². The van der Waals surface area contributed by atoms with Gasteiger partial charge in [-0.3, -0.25) is 9.78 Å². The molecule has 43 heavy (non-hydrogen) atoms. The number of methoxy groups -OCH3 is 1. The summed E-state index contributed by atoms with van der Waals surface area (Å²) in [6.07, 6.45) is 6.19. The normalized spacial score (nSPS) is 21.6. The smallest absolute Gasteiger partial charge is 0.471 e. The number of benzene rings is 1. The van der Waals surface area contributed by atoms with Crippen LogP contribution in [0.5, 0.6) is 5.88 Å². The highest BCUT2D eigenvalue weighted by atomic mass is 16.7. The summed E-state index contributed by atoms with van der Waals surface area (Å²) in [5.41, 5.74) is 2.99. The minimum absolute atomic E-state index is 0.158. The van der Waals surface area contributed by atoms with Gasteiger partial charge in [0.2, 0.25) is 11.8 Å². The maximum atomic E-state index is 13.9. The molecule has 2 saturated heterocycles. The molecule has 0 bridgehead atoms. The van der Waals surface area contributed by atoms with E-state index in [4.69, 9.17) is 18.8 Å². The third kappa shape index (κ3) is 6.40. The van der Waals surface area contributed by atoms with Gasteiger partial charge in [-0.15, -0.1) is 0 Å². The van der Waals surface area contributed by atoms with E-state index in [0.29, 0.717) is 18.8 Å². The van der Waals surface area contributed by atoms with Crippen LogP contribution in [0.15, 0.2) is 55.1 Å². The van der Waals surface area contributed by atoms with E-state index < -0.39 is 30.5 Å². The lowest BCUT2D eigenvalue weighted by Gasteiger charge is -2.32. The van der Waals surface area contributed by atoms with E-state index in [0.717, 1.165) is 22.3 Å². The molecule has 2 aliphatic heterocycles. The molecule has 0 unspecified atom stereocenters. The number of likely N-dealkylation sites (tertiary alicyclic amines) is 1. The molecular formula is C31H40BN5O6. The van der Waals surface area contributed by atoms with Gasteiger partial charge in [0.1, 0.15) is 12.1 Å². The molecular weight excluding hydrogens is 549 g/mol. The summed E-state index contributed by atoms with van der Waals surface area (Å²) in [4.78, 5) is 39.4. The van der Waals surface area contributed by atoms with Gasteiger partial charge < -0.3 is 34.0 Å². The molecule has 11 nitrogen and oxygen atoms in total. The summed E-state index contributed by atoms with van der Waals surface area (Å²) >= 11 is 0.